The van der Waals surface area contributed by atoms with E-state index in [-0.39, 0.29) is 0 Å². The lowest BCUT2D eigenvalue weighted by Gasteiger charge is -2.23. The molecular weight excluding hydrogens is 374 g/mol. The van der Waals surface area contributed by atoms with E-state index in [0.717, 1.165) is 33.9 Å². The molecule has 5 nitrogen and oxygen atoms in total. The Labute approximate surface area is 136 Å². The van der Waals surface area contributed by atoms with Gasteiger partial charge in [-0.3, -0.25) is 0 Å². The summed E-state index contributed by atoms with van der Waals surface area (Å²) >= 11 is 4.77. The van der Waals surface area contributed by atoms with E-state index in [4.69, 9.17) is 0 Å². The summed E-state index contributed by atoms with van der Waals surface area (Å²) in [6, 6.07) is 1.66. The minimum atomic E-state index is -3.43. The standard InChI is InChI=1S/C13H16BrN3O2S2/c1-9-11(7-12(14)20-9)21(18,19)16-8-10-2-4-17-5-3-15-13(17)6-10/h3,5,7,10,16H,2,4,6,8H2,1H3/t10-/m1/s1. The third-order valence-electron chi connectivity index (χ3n) is 3.74. The van der Waals surface area contributed by atoms with Gasteiger partial charge in [-0.25, -0.2) is 18.1 Å². The van der Waals surface area contributed by atoms with Crippen molar-refractivity contribution in [3.63, 3.8) is 0 Å². The van der Waals surface area contributed by atoms with Gasteiger partial charge in [0.15, 0.2) is 0 Å². The molecule has 1 aliphatic heterocycles. The molecule has 0 spiro atoms. The Morgan fingerprint density at radius 1 is 1.57 bits per heavy atom. The normalized spacial score (nSPS) is 18.7. The third-order valence-corrected chi connectivity index (χ3v) is 6.98. The quantitative estimate of drug-likeness (QED) is 0.873. The summed E-state index contributed by atoms with van der Waals surface area (Å²) in [5.41, 5.74) is 0. The number of aryl methyl sites for hydroxylation is 2. The van der Waals surface area contributed by atoms with Crippen LogP contribution in [0.4, 0.5) is 0 Å². The molecule has 0 saturated heterocycles. The number of sulfonamides is 1. The lowest BCUT2D eigenvalue weighted by atomic mass is 9.98. The first-order chi connectivity index (χ1) is 9.95. The van der Waals surface area contributed by atoms with Crippen LogP contribution in [0, 0.1) is 12.8 Å². The monoisotopic (exact) mass is 389 g/mol. The number of hydrogen-bond acceptors (Lipinski definition) is 4. The Morgan fingerprint density at radius 3 is 3.10 bits per heavy atom. The average Bonchev–Trinajstić information content (AvgIpc) is 3.02. The van der Waals surface area contributed by atoms with Gasteiger partial charge >= 0.3 is 0 Å². The largest absolute Gasteiger partial charge is 0.335 e. The Balaban J connectivity index is 1.67. The summed E-state index contributed by atoms with van der Waals surface area (Å²) in [6.45, 7) is 3.19. The number of rotatable bonds is 4. The number of thiophene rings is 1. The molecular formula is C13H16BrN3O2S2. The highest BCUT2D eigenvalue weighted by molar-refractivity contribution is 9.11. The van der Waals surface area contributed by atoms with Crippen molar-refractivity contribution in [2.24, 2.45) is 5.92 Å². The zero-order chi connectivity index (χ0) is 15.0. The van der Waals surface area contributed by atoms with E-state index in [1.807, 2.05) is 13.1 Å². The van der Waals surface area contributed by atoms with Gasteiger partial charge in [-0.2, -0.15) is 0 Å². The molecule has 1 atom stereocenters. The van der Waals surface area contributed by atoms with Gasteiger partial charge in [-0.1, -0.05) is 0 Å². The molecule has 21 heavy (non-hydrogen) atoms. The number of aromatic nitrogens is 2. The Kier molecular flexibility index (Phi) is 4.22. The molecule has 3 rings (SSSR count). The van der Waals surface area contributed by atoms with Crippen LogP contribution in [-0.2, 0) is 23.0 Å². The highest BCUT2D eigenvalue weighted by atomic mass is 79.9. The fourth-order valence-electron chi connectivity index (χ4n) is 2.59. The van der Waals surface area contributed by atoms with Gasteiger partial charge in [-0.05, 0) is 41.3 Å². The maximum Gasteiger partial charge on any atom is 0.241 e. The zero-order valence-electron chi connectivity index (χ0n) is 11.5. The minimum Gasteiger partial charge on any atom is -0.335 e. The number of nitrogens with zero attached hydrogens (tertiary/aromatic N) is 2. The lowest BCUT2D eigenvalue weighted by molar-refractivity contribution is 0.379. The Morgan fingerprint density at radius 2 is 2.38 bits per heavy atom. The van der Waals surface area contributed by atoms with Gasteiger partial charge in [0.05, 0.1) is 8.68 Å². The topological polar surface area (TPSA) is 64.0 Å². The van der Waals surface area contributed by atoms with E-state index >= 15 is 0 Å². The van der Waals surface area contributed by atoms with Gasteiger partial charge in [0.1, 0.15) is 5.82 Å². The molecule has 0 radical (unpaired) electrons. The van der Waals surface area contributed by atoms with Crippen LogP contribution in [0.15, 0.2) is 27.1 Å². The smallest absolute Gasteiger partial charge is 0.241 e. The van der Waals surface area contributed by atoms with Gasteiger partial charge < -0.3 is 4.57 Å². The van der Waals surface area contributed by atoms with Crippen molar-refractivity contribution in [2.75, 3.05) is 6.54 Å². The molecule has 1 aliphatic rings. The second kappa shape index (κ2) is 5.83. The first kappa shape index (κ1) is 15.2. The average molecular weight is 390 g/mol. The van der Waals surface area contributed by atoms with Crippen LogP contribution in [-0.4, -0.2) is 24.5 Å². The summed E-state index contributed by atoms with van der Waals surface area (Å²) in [7, 11) is -3.43. The van der Waals surface area contributed by atoms with E-state index < -0.39 is 10.0 Å². The summed E-state index contributed by atoms with van der Waals surface area (Å²) < 4.78 is 30.4. The number of nitrogens with one attached hydrogen (secondary N) is 1. The predicted molar refractivity (Wildman–Crippen MR) is 86.0 cm³/mol. The Bertz CT molecular complexity index is 751. The van der Waals surface area contributed by atoms with Crippen LogP contribution >= 0.6 is 27.3 Å². The first-order valence-electron chi connectivity index (χ1n) is 6.71. The van der Waals surface area contributed by atoms with E-state index in [1.54, 1.807) is 12.3 Å². The fourth-order valence-corrected chi connectivity index (χ4v) is 6.12. The van der Waals surface area contributed by atoms with Crippen LogP contribution in [0.3, 0.4) is 0 Å². The summed E-state index contributed by atoms with van der Waals surface area (Å²) in [6.07, 6.45) is 5.57. The number of fused-ring (bicyclic) bond motifs is 1. The highest BCUT2D eigenvalue weighted by Crippen LogP contribution is 2.29. The highest BCUT2D eigenvalue weighted by Gasteiger charge is 2.23. The van der Waals surface area contributed by atoms with Crippen LogP contribution in [0.1, 0.15) is 17.1 Å². The lowest BCUT2D eigenvalue weighted by Crippen LogP contribution is -2.33. The third kappa shape index (κ3) is 3.23. The van der Waals surface area contributed by atoms with Crippen LogP contribution in [0.2, 0.25) is 0 Å². The molecule has 1 N–H and O–H groups in total. The van der Waals surface area contributed by atoms with Gasteiger partial charge in [0.25, 0.3) is 0 Å². The van der Waals surface area contributed by atoms with E-state index in [9.17, 15) is 8.42 Å². The van der Waals surface area contributed by atoms with Crippen LogP contribution in [0.5, 0.6) is 0 Å². The molecule has 0 amide bonds. The molecule has 0 unspecified atom stereocenters. The van der Waals surface area contributed by atoms with Crippen molar-refractivity contribution in [3.05, 3.63) is 32.9 Å². The number of imidazole rings is 1. The number of halogens is 1. The first-order valence-corrected chi connectivity index (χ1v) is 9.80. The fraction of sp³-hybridized carbons (Fsp3) is 0.462. The van der Waals surface area contributed by atoms with Crippen molar-refractivity contribution >= 4 is 37.3 Å². The van der Waals surface area contributed by atoms with Crippen molar-refractivity contribution in [3.8, 4) is 0 Å². The van der Waals surface area contributed by atoms with E-state index in [0.29, 0.717) is 17.4 Å². The summed E-state index contributed by atoms with van der Waals surface area (Å²) in [4.78, 5) is 5.48. The van der Waals surface area contributed by atoms with Crippen molar-refractivity contribution in [1.82, 2.24) is 14.3 Å². The minimum absolute atomic E-state index is 0.303. The van der Waals surface area contributed by atoms with Crippen LogP contribution in [0.25, 0.3) is 0 Å². The van der Waals surface area contributed by atoms with E-state index in [1.165, 1.54) is 11.3 Å². The molecule has 3 heterocycles. The predicted octanol–water partition coefficient (Wildman–Crippen LogP) is 2.56. The van der Waals surface area contributed by atoms with Crippen LogP contribution < -0.4 is 4.72 Å². The molecule has 8 heteroatoms. The van der Waals surface area contributed by atoms with Gasteiger partial charge in [0.2, 0.25) is 10.0 Å². The molecule has 2 aromatic heterocycles. The van der Waals surface area contributed by atoms with Crippen molar-refractivity contribution < 1.29 is 8.42 Å². The van der Waals surface area contributed by atoms with Gasteiger partial charge in [0, 0.05) is 36.8 Å². The summed E-state index contributed by atoms with van der Waals surface area (Å²) in [5, 5.41) is 0. The van der Waals surface area contributed by atoms with Crippen molar-refractivity contribution in [2.45, 2.75) is 31.2 Å². The molecule has 0 aliphatic carbocycles. The molecule has 0 saturated carbocycles. The molecule has 0 fully saturated rings. The zero-order valence-corrected chi connectivity index (χ0v) is 14.8. The van der Waals surface area contributed by atoms with Crippen molar-refractivity contribution in [1.29, 1.82) is 0 Å². The number of hydrogen-bond donors (Lipinski definition) is 1. The second-order valence-electron chi connectivity index (χ2n) is 5.22. The molecule has 0 aromatic carbocycles. The molecule has 0 bridgehead atoms. The van der Waals surface area contributed by atoms with E-state index in [2.05, 4.69) is 30.2 Å². The molecule has 2 aromatic rings. The maximum atomic E-state index is 12.4. The molecule has 114 valence electrons. The summed E-state index contributed by atoms with van der Waals surface area (Å²) in [5.74, 6) is 1.34. The SMILES string of the molecule is Cc1sc(Br)cc1S(=O)(=O)NC[C@@H]1CCn2ccnc2C1. The Hall–Kier alpha value is -0.700. The second-order valence-corrected chi connectivity index (χ2v) is 9.59. The van der Waals surface area contributed by atoms with Gasteiger partial charge in [-0.15, -0.1) is 11.3 Å². The maximum absolute atomic E-state index is 12.4.